The van der Waals surface area contributed by atoms with E-state index in [4.69, 9.17) is 11.6 Å². The van der Waals surface area contributed by atoms with Crippen molar-refractivity contribution in [3.8, 4) is 0 Å². The number of carbonyl (C=O) groups excluding carboxylic acids is 1. The highest BCUT2D eigenvalue weighted by atomic mass is 35.5. The Morgan fingerprint density at radius 2 is 1.57 bits per heavy atom. The second-order valence-electron chi connectivity index (χ2n) is 4.99. The molecule has 2 amide bonds. The number of halogens is 1. The quantitative estimate of drug-likeness (QED) is 0.783. The average molecular weight is 354 g/mol. The second kappa shape index (κ2) is 6.89. The normalized spacial score (nSPS) is 10.9. The molecule has 8 heteroatoms. The van der Waals surface area contributed by atoms with E-state index in [0.29, 0.717) is 22.1 Å². The Bertz CT molecular complexity index is 820. The highest BCUT2D eigenvalue weighted by Crippen LogP contribution is 2.21. The van der Waals surface area contributed by atoms with Crippen LogP contribution in [0.25, 0.3) is 0 Å². The summed E-state index contributed by atoms with van der Waals surface area (Å²) in [5.74, 6) is 0. The standard InChI is InChI=1S/C15H16ClN3O3S/c1-10-3-6-13(9-14(10)19-23(2,21)22)18-15(20)17-12-7-4-11(16)5-8-12/h3-9,19H,1-2H3,(H2,17,18,20). The monoisotopic (exact) mass is 353 g/mol. The third kappa shape index (κ3) is 5.46. The van der Waals surface area contributed by atoms with Crippen molar-refractivity contribution >= 4 is 44.7 Å². The molecule has 0 heterocycles. The number of rotatable bonds is 4. The number of sulfonamides is 1. The molecule has 0 bridgehead atoms. The zero-order chi connectivity index (χ0) is 17.0. The Morgan fingerprint density at radius 1 is 1.00 bits per heavy atom. The molecule has 0 aromatic heterocycles. The molecule has 0 atom stereocenters. The van der Waals surface area contributed by atoms with Crippen molar-refractivity contribution in [2.24, 2.45) is 0 Å². The average Bonchev–Trinajstić information content (AvgIpc) is 2.43. The molecule has 23 heavy (non-hydrogen) atoms. The maximum Gasteiger partial charge on any atom is 0.323 e. The fraction of sp³-hybridized carbons (Fsp3) is 0.133. The van der Waals surface area contributed by atoms with E-state index in [-0.39, 0.29) is 0 Å². The third-order valence-electron chi connectivity index (χ3n) is 2.89. The van der Waals surface area contributed by atoms with E-state index in [9.17, 15) is 13.2 Å². The van der Waals surface area contributed by atoms with Crippen LogP contribution in [0.1, 0.15) is 5.56 Å². The molecule has 2 aromatic rings. The minimum absolute atomic E-state index is 0.414. The van der Waals surface area contributed by atoms with Gasteiger partial charge in [-0.3, -0.25) is 4.72 Å². The SMILES string of the molecule is Cc1ccc(NC(=O)Nc2ccc(Cl)cc2)cc1NS(C)(=O)=O. The van der Waals surface area contributed by atoms with Gasteiger partial charge in [-0.15, -0.1) is 0 Å². The molecular formula is C15H16ClN3O3S. The highest BCUT2D eigenvalue weighted by molar-refractivity contribution is 7.92. The topological polar surface area (TPSA) is 87.3 Å². The van der Waals surface area contributed by atoms with Crippen LogP contribution in [0.15, 0.2) is 42.5 Å². The van der Waals surface area contributed by atoms with E-state index in [1.165, 1.54) is 0 Å². The summed E-state index contributed by atoms with van der Waals surface area (Å²) in [4.78, 5) is 12.0. The second-order valence-corrected chi connectivity index (χ2v) is 7.17. The van der Waals surface area contributed by atoms with Crippen molar-refractivity contribution in [2.75, 3.05) is 21.6 Å². The smallest absolute Gasteiger partial charge is 0.308 e. The molecule has 0 fully saturated rings. The lowest BCUT2D eigenvalue weighted by atomic mass is 10.2. The number of urea groups is 1. The van der Waals surface area contributed by atoms with Crippen LogP contribution in [-0.2, 0) is 10.0 Å². The molecule has 0 saturated carbocycles. The molecule has 0 aliphatic carbocycles. The van der Waals surface area contributed by atoms with Gasteiger partial charge in [0.15, 0.2) is 0 Å². The van der Waals surface area contributed by atoms with Crippen LogP contribution in [0.4, 0.5) is 21.9 Å². The van der Waals surface area contributed by atoms with Crippen LogP contribution in [-0.4, -0.2) is 20.7 Å². The predicted octanol–water partition coefficient (Wildman–Crippen LogP) is 3.66. The van der Waals surface area contributed by atoms with Gasteiger partial charge in [0.1, 0.15) is 0 Å². The third-order valence-corrected chi connectivity index (χ3v) is 3.74. The molecule has 0 aliphatic rings. The van der Waals surface area contributed by atoms with Gasteiger partial charge in [0, 0.05) is 16.4 Å². The van der Waals surface area contributed by atoms with Crippen molar-refractivity contribution in [1.82, 2.24) is 0 Å². The summed E-state index contributed by atoms with van der Waals surface area (Å²) in [6.45, 7) is 1.77. The molecule has 6 nitrogen and oxygen atoms in total. The summed E-state index contributed by atoms with van der Waals surface area (Å²) in [5, 5.41) is 5.87. The largest absolute Gasteiger partial charge is 0.323 e. The lowest BCUT2D eigenvalue weighted by molar-refractivity contribution is 0.262. The van der Waals surface area contributed by atoms with Crippen LogP contribution in [0.3, 0.4) is 0 Å². The van der Waals surface area contributed by atoms with E-state index in [0.717, 1.165) is 11.8 Å². The van der Waals surface area contributed by atoms with Crippen molar-refractivity contribution in [3.05, 3.63) is 53.1 Å². The molecule has 0 spiro atoms. The maximum absolute atomic E-state index is 12.0. The van der Waals surface area contributed by atoms with Crippen LogP contribution in [0.5, 0.6) is 0 Å². The number of amides is 2. The lowest BCUT2D eigenvalue weighted by Gasteiger charge is -2.12. The Kier molecular flexibility index (Phi) is 5.12. The number of hydrogen-bond donors (Lipinski definition) is 3. The Labute approximate surface area is 139 Å². The number of carbonyl (C=O) groups is 1. The number of benzene rings is 2. The first-order valence-corrected chi connectivity index (χ1v) is 8.92. The van der Waals surface area contributed by atoms with Crippen LogP contribution < -0.4 is 15.4 Å². The minimum atomic E-state index is -3.39. The van der Waals surface area contributed by atoms with Crippen molar-refractivity contribution in [1.29, 1.82) is 0 Å². The predicted molar refractivity (Wildman–Crippen MR) is 93.7 cm³/mol. The summed E-state index contributed by atoms with van der Waals surface area (Å²) < 4.78 is 25.1. The number of anilines is 3. The van der Waals surface area contributed by atoms with Crippen molar-refractivity contribution in [2.45, 2.75) is 6.92 Å². The van der Waals surface area contributed by atoms with Crippen molar-refractivity contribution < 1.29 is 13.2 Å². The number of hydrogen-bond acceptors (Lipinski definition) is 3. The number of aryl methyl sites for hydroxylation is 1. The Balaban J connectivity index is 2.09. The van der Waals surface area contributed by atoms with Gasteiger partial charge in [-0.05, 0) is 48.9 Å². The molecule has 2 rings (SSSR count). The summed E-state index contributed by atoms with van der Waals surface area (Å²) in [6.07, 6.45) is 1.07. The van der Waals surface area contributed by atoms with E-state index < -0.39 is 16.1 Å². The summed E-state index contributed by atoms with van der Waals surface area (Å²) in [6, 6.07) is 11.2. The molecular weight excluding hydrogens is 338 g/mol. The van der Waals surface area contributed by atoms with Gasteiger partial charge in [-0.2, -0.15) is 0 Å². The molecule has 0 unspecified atom stereocenters. The fourth-order valence-electron chi connectivity index (χ4n) is 1.84. The first-order chi connectivity index (χ1) is 10.7. The van der Waals surface area contributed by atoms with E-state index in [2.05, 4.69) is 15.4 Å². The fourth-order valence-corrected chi connectivity index (χ4v) is 2.58. The molecule has 3 N–H and O–H groups in total. The maximum atomic E-state index is 12.0. The Morgan fingerprint density at radius 3 is 2.17 bits per heavy atom. The number of nitrogens with one attached hydrogen (secondary N) is 3. The summed E-state index contributed by atoms with van der Waals surface area (Å²) in [5.41, 5.74) is 2.22. The zero-order valence-electron chi connectivity index (χ0n) is 12.6. The van der Waals surface area contributed by atoms with Gasteiger partial charge in [0.05, 0.1) is 11.9 Å². The van der Waals surface area contributed by atoms with Gasteiger partial charge in [-0.25, -0.2) is 13.2 Å². The van der Waals surface area contributed by atoms with E-state index in [1.54, 1.807) is 49.4 Å². The first kappa shape index (κ1) is 17.1. The Hall–Kier alpha value is -2.25. The lowest BCUT2D eigenvalue weighted by Crippen LogP contribution is -2.19. The van der Waals surface area contributed by atoms with Gasteiger partial charge in [-0.1, -0.05) is 17.7 Å². The zero-order valence-corrected chi connectivity index (χ0v) is 14.1. The van der Waals surface area contributed by atoms with E-state index >= 15 is 0 Å². The summed E-state index contributed by atoms with van der Waals surface area (Å²) >= 11 is 5.78. The molecule has 0 saturated heterocycles. The highest BCUT2D eigenvalue weighted by Gasteiger charge is 2.08. The minimum Gasteiger partial charge on any atom is -0.308 e. The van der Waals surface area contributed by atoms with Gasteiger partial charge < -0.3 is 10.6 Å². The van der Waals surface area contributed by atoms with Crippen LogP contribution >= 0.6 is 11.6 Å². The van der Waals surface area contributed by atoms with Gasteiger partial charge in [0.25, 0.3) is 0 Å². The van der Waals surface area contributed by atoms with Gasteiger partial charge >= 0.3 is 6.03 Å². The van der Waals surface area contributed by atoms with Crippen LogP contribution in [0.2, 0.25) is 5.02 Å². The molecule has 2 aromatic carbocycles. The van der Waals surface area contributed by atoms with E-state index in [1.807, 2.05) is 0 Å². The van der Waals surface area contributed by atoms with Gasteiger partial charge in [0.2, 0.25) is 10.0 Å². The van der Waals surface area contributed by atoms with Crippen LogP contribution in [0, 0.1) is 6.92 Å². The first-order valence-electron chi connectivity index (χ1n) is 6.65. The summed E-state index contributed by atoms with van der Waals surface area (Å²) in [7, 11) is -3.39. The molecule has 0 radical (unpaired) electrons. The molecule has 122 valence electrons. The molecule has 0 aliphatic heterocycles. The van der Waals surface area contributed by atoms with Crippen molar-refractivity contribution in [3.63, 3.8) is 0 Å².